The van der Waals surface area contributed by atoms with Gasteiger partial charge in [0, 0.05) is 55.2 Å². The Balaban J connectivity index is 1.38. The van der Waals surface area contributed by atoms with E-state index in [1.54, 1.807) is 0 Å². The molecule has 1 saturated carbocycles. The lowest BCUT2D eigenvalue weighted by Crippen LogP contribution is -2.47. The van der Waals surface area contributed by atoms with E-state index >= 15 is 0 Å². The Morgan fingerprint density at radius 3 is 2.71 bits per heavy atom. The number of nitrogens with zero attached hydrogens (tertiary/aromatic N) is 4. The molecule has 28 heavy (non-hydrogen) atoms. The molecule has 1 unspecified atom stereocenters. The molecule has 2 aromatic heterocycles. The summed E-state index contributed by atoms with van der Waals surface area (Å²) in [5.41, 5.74) is 4.22. The zero-order chi connectivity index (χ0) is 19.2. The maximum Gasteiger partial charge on any atom is 0.0535 e. The lowest BCUT2D eigenvalue weighted by Gasteiger charge is -2.39. The Morgan fingerprint density at radius 1 is 1.11 bits per heavy atom. The number of hydrogen-bond donors (Lipinski definition) is 1. The number of rotatable bonds is 7. The maximum absolute atomic E-state index is 4.42. The predicted octanol–water partition coefficient (Wildman–Crippen LogP) is 4.34. The summed E-state index contributed by atoms with van der Waals surface area (Å²) in [4.78, 5) is 9.45. The standard InChI is InChI=1S/C23H35N5/c1-2-28(16-19-10-12-24-13-11-19)22-9-6-14-27(18-22)17-21-15-25-26-23(21)20-7-4-3-5-8-20/h10-13,15,20,22H,2-9,14,16-18H2,1H3,(H,25,26). The molecule has 4 rings (SSSR count). The Morgan fingerprint density at radius 2 is 1.93 bits per heavy atom. The summed E-state index contributed by atoms with van der Waals surface area (Å²) in [5.74, 6) is 0.700. The van der Waals surface area contributed by atoms with Crippen LogP contribution in [0.3, 0.4) is 0 Å². The molecule has 5 heteroatoms. The van der Waals surface area contributed by atoms with Crippen LogP contribution in [-0.4, -0.2) is 50.7 Å². The van der Waals surface area contributed by atoms with Crippen LogP contribution in [0.2, 0.25) is 0 Å². The van der Waals surface area contributed by atoms with Crippen molar-refractivity contribution in [3.05, 3.63) is 47.5 Å². The third-order valence-electron chi connectivity index (χ3n) is 6.70. The van der Waals surface area contributed by atoms with Crippen molar-refractivity contribution in [1.82, 2.24) is 25.0 Å². The second-order valence-corrected chi connectivity index (χ2v) is 8.59. The van der Waals surface area contributed by atoms with Crippen LogP contribution in [0.25, 0.3) is 0 Å². The molecule has 3 heterocycles. The van der Waals surface area contributed by atoms with Crippen LogP contribution >= 0.6 is 0 Å². The van der Waals surface area contributed by atoms with E-state index in [0.717, 1.165) is 26.2 Å². The lowest BCUT2D eigenvalue weighted by atomic mass is 9.85. The van der Waals surface area contributed by atoms with Gasteiger partial charge in [-0.2, -0.15) is 5.10 Å². The molecule has 1 saturated heterocycles. The van der Waals surface area contributed by atoms with Gasteiger partial charge in [-0.15, -0.1) is 0 Å². The van der Waals surface area contributed by atoms with Crippen molar-refractivity contribution in [1.29, 1.82) is 0 Å². The van der Waals surface area contributed by atoms with E-state index in [2.05, 4.69) is 50.2 Å². The highest BCUT2D eigenvalue weighted by molar-refractivity contribution is 5.21. The van der Waals surface area contributed by atoms with E-state index in [9.17, 15) is 0 Å². The maximum atomic E-state index is 4.42. The first-order valence-corrected chi connectivity index (χ1v) is 11.2. The Bertz CT molecular complexity index is 707. The number of hydrogen-bond acceptors (Lipinski definition) is 4. The number of likely N-dealkylation sites (tertiary alicyclic amines) is 1. The van der Waals surface area contributed by atoms with E-state index in [0.29, 0.717) is 12.0 Å². The van der Waals surface area contributed by atoms with Gasteiger partial charge < -0.3 is 0 Å². The summed E-state index contributed by atoms with van der Waals surface area (Å²) in [7, 11) is 0. The molecule has 0 bridgehead atoms. The molecule has 1 aliphatic carbocycles. The molecular weight excluding hydrogens is 346 g/mol. The largest absolute Gasteiger partial charge is 0.297 e. The summed E-state index contributed by atoms with van der Waals surface area (Å²) in [6, 6.07) is 4.92. The van der Waals surface area contributed by atoms with Crippen molar-refractivity contribution in [3.8, 4) is 0 Å². The Kier molecular flexibility index (Phi) is 6.76. The minimum Gasteiger partial charge on any atom is -0.297 e. The quantitative estimate of drug-likeness (QED) is 0.775. The number of piperidine rings is 1. The minimum absolute atomic E-state index is 0.636. The Labute approximate surface area is 169 Å². The molecule has 2 aromatic rings. The molecule has 0 amide bonds. The highest BCUT2D eigenvalue weighted by Crippen LogP contribution is 2.33. The molecule has 1 atom stereocenters. The van der Waals surface area contributed by atoms with Crippen LogP contribution in [0.1, 0.15) is 74.6 Å². The van der Waals surface area contributed by atoms with Gasteiger partial charge >= 0.3 is 0 Å². The lowest BCUT2D eigenvalue weighted by molar-refractivity contribution is 0.0915. The van der Waals surface area contributed by atoms with Crippen molar-refractivity contribution < 1.29 is 0 Å². The Hall–Kier alpha value is -1.72. The van der Waals surface area contributed by atoms with Crippen molar-refractivity contribution in [2.75, 3.05) is 19.6 Å². The van der Waals surface area contributed by atoms with Gasteiger partial charge in [0.25, 0.3) is 0 Å². The minimum atomic E-state index is 0.636. The van der Waals surface area contributed by atoms with E-state index in [1.807, 2.05) is 12.4 Å². The summed E-state index contributed by atoms with van der Waals surface area (Å²) < 4.78 is 0. The molecule has 0 spiro atoms. The first-order chi connectivity index (χ1) is 13.8. The van der Waals surface area contributed by atoms with Gasteiger partial charge in [0.05, 0.1) is 6.20 Å². The molecule has 1 aliphatic heterocycles. The fraction of sp³-hybridized carbons (Fsp3) is 0.652. The van der Waals surface area contributed by atoms with Crippen molar-refractivity contribution in [3.63, 3.8) is 0 Å². The van der Waals surface area contributed by atoms with Gasteiger partial charge in [-0.3, -0.25) is 19.9 Å². The zero-order valence-corrected chi connectivity index (χ0v) is 17.3. The number of likely N-dealkylation sites (N-methyl/N-ethyl adjacent to an activating group) is 1. The zero-order valence-electron chi connectivity index (χ0n) is 17.3. The van der Waals surface area contributed by atoms with Crippen LogP contribution in [0.4, 0.5) is 0 Å². The van der Waals surface area contributed by atoms with E-state index in [4.69, 9.17) is 0 Å². The van der Waals surface area contributed by atoms with Crippen LogP contribution in [-0.2, 0) is 13.1 Å². The van der Waals surface area contributed by atoms with Gasteiger partial charge in [0.15, 0.2) is 0 Å². The summed E-state index contributed by atoms with van der Waals surface area (Å²) in [6.45, 7) is 7.83. The second kappa shape index (κ2) is 9.66. The summed E-state index contributed by atoms with van der Waals surface area (Å²) >= 11 is 0. The summed E-state index contributed by atoms with van der Waals surface area (Å²) in [5, 5.41) is 7.77. The van der Waals surface area contributed by atoms with Crippen molar-refractivity contribution in [2.45, 2.75) is 76.9 Å². The van der Waals surface area contributed by atoms with Crippen LogP contribution < -0.4 is 0 Å². The van der Waals surface area contributed by atoms with Crippen LogP contribution in [0.5, 0.6) is 0 Å². The van der Waals surface area contributed by atoms with Gasteiger partial charge in [0.2, 0.25) is 0 Å². The van der Waals surface area contributed by atoms with E-state index in [-0.39, 0.29) is 0 Å². The van der Waals surface area contributed by atoms with Crippen LogP contribution in [0.15, 0.2) is 30.7 Å². The second-order valence-electron chi connectivity index (χ2n) is 8.59. The highest BCUT2D eigenvalue weighted by Gasteiger charge is 2.27. The molecule has 2 fully saturated rings. The smallest absolute Gasteiger partial charge is 0.0535 e. The average Bonchev–Trinajstić information content (AvgIpc) is 3.21. The molecule has 152 valence electrons. The fourth-order valence-corrected chi connectivity index (χ4v) is 5.13. The third-order valence-corrected chi connectivity index (χ3v) is 6.70. The molecule has 2 aliphatic rings. The van der Waals surface area contributed by atoms with Crippen molar-refractivity contribution >= 4 is 0 Å². The van der Waals surface area contributed by atoms with Crippen molar-refractivity contribution in [2.24, 2.45) is 0 Å². The van der Waals surface area contributed by atoms with Gasteiger partial charge in [-0.25, -0.2) is 0 Å². The van der Waals surface area contributed by atoms with E-state index in [1.165, 1.54) is 68.3 Å². The number of aromatic nitrogens is 3. The monoisotopic (exact) mass is 381 g/mol. The molecule has 5 nitrogen and oxygen atoms in total. The highest BCUT2D eigenvalue weighted by atomic mass is 15.2. The topological polar surface area (TPSA) is 48.1 Å². The van der Waals surface area contributed by atoms with Gasteiger partial charge in [-0.1, -0.05) is 26.2 Å². The number of H-pyrrole nitrogens is 1. The fourth-order valence-electron chi connectivity index (χ4n) is 5.13. The molecule has 0 aromatic carbocycles. The van der Waals surface area contributed by atoms with Gasteiger partial charge in [-0.05, 0) is 56.5 Å². The first-order valence-electron chi connectivity index (χ1n) is 11.2. The summed E-state index contributed by atoms with van der Waals surface area (Å²) in [6.07, 6.45) is 15.3. The number of aromatic amines is 1. The number of nitrogens with one attached hydrogen (secondary N) is 1. The third kappa shape index (κ3) is 4.81. The first kappa shape index (κ1) is 19.6. The molecular formula is C23H35N5. The van der Waals surface area contributed by atoms with E-state index < -0.39 is 0 Å². The molecule has 0 radical (unpaired) electrons. The average molecular weight is 382 g/mol. The van der Waals surface area contributed by atoms with Crippen LogP contribution in [0, 0.1) is 0 Å². The molecule has 1 N–H and O–H groups in total. The van der Waals surface area contributed by atoms with Gasteiger partial charge in [0.1, 0.15) is 0 Å². The predicted molar refractivity (Wildman–Crippen MR) is 113 cm³/mol. The normalized spacial score (nSPS) is 22.0. The number of pyridine rings is 1. The SMILES string of the molecule is CCN(Cc1ccncc1)C1CCCN(Cc2cn[nH]c2C2CCCCC2)C1.